The van der Waals surface area contributed by atoms with Crippen molar-refractivity contribution in [1.82, 2.24) is 4.90 Å². The summed E-state index contributed by atoms with van der Waals surface area (Å²) in [7, 11) is 0. The minimum absolute atomic E-state index is 0.255. The highest BCUT2D eigenvalue weighted by Gasteiger charge is 2.26. The van der Waals surface area contributed by atoms with Gasteiger partial charge in [0.1, 0.15) is 0 Å². The fraction of sp³-hybridized carbons (Fsp3) is 0.909. The molecule has 0 saturated carbocycles. The Morgan fingerprint density at radius 1 is 1.62 bits per heavy atom. The van der Waals surface area contributed by atoms with Gasteiger partial charge in [-0.15, -0.1) is 0 Å². The minimum atomic E-state index is 0.255. The number of carbonyl (C=O) groups is 1. The van der Waals surface area contributed by atoms with E-state index < -0.39 is 0 Å². The van der Waals surface area contributed by atoms with Crippen LogP contribution in [0.3, 0.4) is 0 Å². The van der Waals surface area contributed by atoms with Crippen molar-refractivity contribution in [2.45, 2.75) is 52.5 Å². The predicted octanol–water partition coefficient (Wildman–Crippen LogP) is 2.43. The molecule has 0 aromatic carbocycles. The summed E-state index contributed by atoms with van der Waals surface area (Å²) in [6, 6.07) is 0.535. The maximum atomic E-state index is 11.3. The zero-order chi connectivity index (χ0) is 9.84. The van der Waals surface area contributed by atoms with E-state index in [0.717, 1.165) is 12.5 Å². The first kappa shape index (κ1) is 10.6. The van der Waals surface area contributed by atoms with Crippen LogP contribution in [0.2, 0.25) is 0 Å². The molecular weight excluding hydrogens is 162 g/mol. The highest BCUT2D eigenvalue weighted by atomic mass is 16.2. The molecule has 1 fully saturated rings. The van der Waals surface area contributed by atoms with Gasteiger partial charge in [0.2, 0.25) is 5.91 Å². The van der Waals surface area contributed by atoms with Crippen LogP contribution in [0.15, 0.2) is 0 Å². The van der Waals surface area contributed by atoms with Gasteiger partial charge in [0.25, 0.3) is 0 Å². The van der Waals surface area contributed by atoms with Gasteiger partial charge in [-0.3, -0.25) is 4.79 Å². The molecule has 1 heterocycles. The summed E-state index contributed by atoms with van der Waals surface area (Å²) in [4.78, 5) is 13.3. The Labute approximate surface area is 81.3 Å². The summed E-state index contributed by atoms with van der Waals surface area (Å²) in [5.41, 5.74) is 0. The van der Waals surface area contributed by atoms with Crippen LogP contribution in [-0.2, 0) is 4.79 Å². The monoisotopic (exact) mass is 183 g/mol. The largest absolute Gasteiger partial charge is 0.340 e. The summed E-state index contributed by atoms with van der Waals surface area (Å²) in [6.07, 6.45) is 4.82. The molecule has 0 spiro atoms. The normalized spacial score (nSPS) is 24.8. The van der Waals surface area contributed by atoms with Crippen LogP contribution in [0.25, 0.3) is 0 Å². The zero-order valence-electron chi connectivity index (χ0n) is 9.05. The second-order valence-electron chi connectivity index (χ2n) is 4.26. The van der Waals surface area contributed by atoms with Gasteiger partial charge >= 0.3 is 0 Å². The maximum Gasteiger partial charge on any atom is 0.219 e. The third-order valence-corrected chi connectivity index (χ3v) is 3.15. The van der Waals surface area contributed by atoms with E-state index in [1.807, 2.05) is 4.90 Å². The molecule has 0 aliphatic carbocycles. The molecule has 2 heteroatoms. The van der Waals surface area contributed by atoms with E-state index in [9.17, 15) is 4.79 Å². The van der Waals surface area contributed by atoms with Crippen LogP contribution in [0.4, 0.5) is 0 Å². The van der Waals surface area contributed by atoms with Crippen LogP contribution in [0.5, 0.6) is 0 Å². The molecule has 1 aliphatic heterocycles. The van der Waals surface area contributed by atoms with Crippen LogP contribution in [0, 0.1) is 5.92 Å². The molecule has 1 unspecified atom stereocenters. The Kier molecular flexibility index (Phi) is 3.76. The zero-order valence-corrected chi connectivity index (χ0v) is 9.05. The lowest BCUT2D eigenvalue weighted by molar-refractivity contribution is -0.129. The maximum absolute atomic E-state index is 11.3. The van der Waals surface area contributed by atoms with Crippen LogP contribution < -0.4 is 0 Å². The smallest absolute Gasteiger partial charge is 0.219 e. The van der Waals surface area contributed by atoms with E-state index >= 15 is 0 Å². The molecule has 1 saturated heterocycles. The Hall–Kier alpha value is -0.530. The van der Waals surface area contributed by atoms with E-state index in [0.29, 0.717) is 6.04 Å². The van der Waals surface area contributed by atoms with Gasteiger partial charge in [0.15, 0.2) is 0 Å². The molecule has 13 heavy (non-hydrogen) atoms. The van der Waals surface area contributed by atoms with Crippen molar-refractivity contribution in [1.29, 1.82) is 0 Å². The lowest BCUT2D eigenvalue weighted by atomic mass is 9.98. The van der Waals surface area contributed by atoms with Gasteiger partial charge in [-0.05, 0) is 25.2 Å². The number of hydrogen-bond acceptors (Lipinski definition) is 1. The summed E-state index contributed by atoms with van der Waals surface area (Å²) >= 11 is 0. The van der Waals surface area contributed by atoms with E-state index in [4.69, 9.17) is 0 Å². The summed E-state index contributed by atoms with van der Waals surface area (Å²) in [6.45, 7) is 7.17. The summed E-state index contributed by atoms with van der Waals surface area (Å²) < 4.78 is 0. The predicted molar refractivity (Wildman–Crippen MR) is 54.5 cm³/mol. The second-order valence-corrected chi connectivity index (χ2v) is 4.26. The third kappa shape index (κ3) is 2.71. The molecule has 2 nitrogen and oxygen atoms in total. The van der Waals surface area contributed by atoms with Crippen LogP contribution in [0.1, 0.15) is 46.5 Å². The lowest BCUT2D eigenvalue weighted by Gasteiger charge is -2.25. The minimum Gasteiger partial charge on any atom is -0.340 e. The first-order chi connectivity index (χ1) is 6.15. The van der Waals surface area contributed by atoms with Gasteiger partial charge in [0.05, 0.1) is 0 Å². The summed E-state index contributed by atoms with van der Waals surface area (Å²) in [5.74, 6) is 1.01. The van der Waals surface area contributed by atoms with Gasteiger partial charge in [-0.1, -0.05) is 20.3 Å². The molecule has 1 aliphatic rings. The van der Waals surface area contributed by atoms with Gasteiger partial charge in [-0.2, -0.15) is 0 Å². The van der Waals surface area contributed by atoms with Crippen molar-refractivity contribution in [3.8, 4) is 0 Å². The van der Waals surface area contributed by atoms with Gasteiger partial charge in [-0.25, -0.2) is 0 Å². The molecule has 0 bridgehead atoms. The molecule has 1 amide bonds. The number of amides is 1. The lowest BCUT2D eigenvalue weighted by Crippen LogP contribution is -2.34. The number of rotatable bonds is 3. The van der Waals surface area contributed by atoms with E-state index in [-0.39, 0.29) is 5.91 Å². The summed E-state index contributed by atoms with van der Waals surface area (Å²) in [5, 5.41) is 0. The van der Waals surface area contributed by atoms with Crippen molar-refractivity contribution in [3.05, 3.63) is 0 Å². The van der Waals surface area contributed by atoms with Crippen molar-refractivity contribution < 1.29 is 4.79 Å². The van der Waals surface area contributed by atoms with Crippen molar-refractivity contribution in [2.75, 3.05) is 6.54 Å². The molecule has 0 N–H and O–H groups in total. The standard InChI is InChI=1S/C11H21NO/c1-4-9(2)8-11-6-5-7-12(11)10(3)13/h9,11H,4-8H2,1-3H3/t9?,11-/m1/s1. The molecule has 2 atom stereocenters. The van der Waals surface area contributed by atoms with Gasteiger partial charge < -0.3 is 4.90 Å². The highest BCUT2D eigenvalue weighted by molar-refractivity contribution is 5.73. The average Bonchev–Trinajstić information content (AvgIpc) is 2.52. The van der Waals surface area contributed by atoms with E-state index in [1.54, 1.807) is 6.92 Å². The Morgan fingerprint density at radius 3 is 2.85 bits per heavy atom. The third-order valence-electron chi connectivity index (χ3n) is 3.15. The number of hydrogen-bond donors (Lipinski definition) is 0. The quantitative estimate of drug-likeness (QED) is 0.658. The first-order valence-electron chi connectivity index (χ1n) is 5.42. The number of nitrogens with zero attached hydrogens (tertiary/aromatic N) is 1. The Bertz CT molecular complexity index is 179. The number of likely N-dealkylation sites (tertiary alicyclic amines) is 1. The SMILES string of the molecule is CCC(C)C[C@H]1CCCN1C(C)=O. The first-order valence-corrected chi connectivity index (χ1v) is 5.42. The van der Waals surface area contributed by atoms with Crippen LogP contribution in [-0.4, -0.2) is 23.4 Å². The van der Waals surface area contributed by atoms with Crippen molar-refractivity contribution >= 4 is 5.91 Å². The fourth-order valence-electron chi connectivity index (χ4n) is 2.13. The van der Waals surface area contributed by atoms with Crippen LogP contribution >= 0.6 is 0 Å². The number of carbonyl (C=O) groups excluding carboxylic acids is 1. The molecule has 0 radical (unpaired) electrons. The molecular formula is C11H21NO. The molecule has 1 rings (SSSR count). The molecule has 0 aromatic rings. The molecule has 0 aromatic heterocycles. The van der Waals surface area contributed by atoms with E-state index in [1.165, 1.54) is 25.7 Å². The second kappa shape index (κ2) is 4.64. The Balaban J connectivity index is 2.44. The Morgan fingerprint density at radius 2 is 2.31 bits per heavy atom. The molecule has 76 valence electrons. The van der Waals surface area contributed by atoms with Crippen molar-refractivity contribution in [3.63, 3.8) is 0 Å². The topological polar surface area (TPSA) is 20.3 Å². The van der Waals surface area contributed by atoms with Crippen molar-refractivity contribution in [2.24, 2.45) is 5.92 Å². The van der Waals surface area contributed by atoms with Gasteiger partial charge in [0, 0.05) is 19.5 Å². The highest BCUT2D eigenvalue weighted by Crippen LogP contribution is 2.24. The average molecular weight is 183 g/mol. The fourth-order valence-corrected chi connectivity index (χ4v) is 2.13. The van der Waals surface area contributed by atoms with E-state index in [2.05, 4.69) is 13.8 Å².